The predicted octanol–water partition coefficient (Wildman–Crippen LogP) is 3.41. The molecule has 0 aliphatic carbocycles. The molecule has 1 unspecified atom stereocenters. The number of ether oxygens (including phenoxy) is 3. The van der Waals surface area contributed by atoms with Crippen molar-refractivity contribution in [3.63, 3.8) is 0 Å². The largest absolute Gasteiger partial charge is 0.493 e. The fourth-order valence-electron chi connectivity index (χ4n) is 3.93. The molecule has 0 radical (unpaired) electrons. The van der Waals surface area contributed by atoms with Gasteiger partial charge in [0.05, 0.1) is 32.9 Å². The fraction of sp³-hybridized carbons (Fsp3) is 0.429. The molecule has 7 heteroatoms. The second-order valence-corrected chi connectivity index (χ2v) is 6.89. The summed E-state index contributed by atoms with van der Waals surface area (Å²) in [5.41, 5.74) is 3.11. The first-order valence-corrected chi connectivity index (χ1v) is 9.23. The van der Waals surface area contributed by atoms with Gasteiger partial charge in [-0.3, -0.25) is 4.79 Å². The maximum absolute atomic E-state index is 13.3. The number of H-pyrrole nitrogens is 1. The van der Waals surface area contributed by atoms with Crippen molar-refractivity contribution in [1.82, 2.24) is 9.88 Å². The standard InChI is InChI=1S/C21H26N2O5/c1-12-18(21(25)28-5)13(2)22-19(12)20(24)23-10-6-7-15(23)14-8-9-16(26-3)17(11-14)27-4/h8-9,11,15,22H,6-7,10H2,1-5H3. The highest BCUT2D eigenvalue weighted by atomic mass is 16.5. The van der Waals surface area contributed by atoms with Gasteiger partial charge in [-0.25, -0.2) is 4.79 Å². The van der Waals surface area contributed by atoms with E-state index in [1.165, 1.54) is 7.11 Å². The fourth-order valence-corrected chi connectivity index (χ4v) is 3.93. The minimum atomic E-state index is -0.442. The molecule has 3 rings (SSSR count). The molecule has 2 aromatic rings. The molecule has 1 fully saturated rings. The Morgan fingerprint density at radius 2 is 1.82 bits per heavy atom. The van der Waals surface area contributed by atoms with Crippen molar-refractivity contribution in [3.8, 4) is 11.5 Å². The number of methoxy groups -OCH3 is 3. The Kier molecular flexibility index (Phi) is 5.63. The summed E-state index contributed by atoms with van der Waals surface area (Å²) in [5.74, 6) is 0.732. The van der Waals surface area contributed by atoms with Crippen LogP contribution in [-0.2, 0) is 4.74 Å². The van der Waals surface area contributed by atoms with Crippen LogP contribution in [0.4, 0.5) is 0 Å². The monoisotopic (exact) mass is 386 g/mol. The smallest absolute Gasteiger partial charge is 0.339 e. The van der Waals surface area contributed by atoms with Crippen LogP contribution < -0.4 is 9.47 Å². The third-order valence-electron chi connectivity index (χ3n) is 5.35. The van der Waals surface area contributed by atoms with Crippen LogP contribution in [0.15, 0.2) is 18.2 Å². The Labute approximate surface area is 164 Å². The van der Waals surface area contributed by atoms with Gasteiger partial charge in [-0.2, -0.15) is 0 Å². The first-order valence-electron chi connectivity index (χ1n) is 9.23. The number of aromatic amines is 1. The van der Waals surface area contributed by atoms with E-state index in [4.69, 9.17) is 14.2 Å². The predicted molar refractivity (Wildman–Crippen MR) is 104 cm³/mol. The van der Waals surface area contributed by atoms with Crippen molar-refractivity contribution in [1.29, 1.82) is 0 Å². The number of nitrogens with zero attached hydrogens (tertiary/aromatic N) is 1. The molecule has 1 aliphatic rings. The van der Waals surface area contributed by atoms with E-state index in [0.717, 1.165) is 18.4 Å². The number of amides is 1. The van der Waals surface area contributed by atoms with Crippen molar-refractivity contribution in [3.05, 3.63) is 46.3 Å². The molecule has 2 heterocycles. The lowest BCUT2D eigenvalue weighted by Crippen LogP contribution is -2.31. The molecule has 0 spiro atoms. The maximum atomic E-state index is 13.3. The number of carbonyl (C=O) groups excluding carboxylic acids is 2. The summed E-state index contributed by atoms with van der Waals surface area (Å²) >= 11 is 0. The number of aromatic nitrogens is 1. The molecule has 1 atom stereocenters. The first-order chi connectivity index (χ1) is 13.4. The normalized spacial score (nSPS) is 16.2. The molecule has 1 saturated heterocycles. The first kappa shape index (κ1) is 19.8. The molecule has 1 aromatic heterocycles. The Hall–Kier alpha value is -2.96. The molecule has 28 heavy (non-hydrogen) atoms. The van der Waals surface area contributed by atoms with E-state index >= 15 is 0 Å². The van der Waals surface area contributed by atoms with Crippen molar-refractivity contribution < 1.29 is 23.8 Å². The Bertz CT molecular complexity index is 902. The van der Waals surface area contributed by atoms with Gasteiger partial charge in [0.25, 0.3) is 5.91 Å². The molecular formula is C21H26N2O5. The lowest BCUT2D eigenvalue weighted by Gasteiger charge is -2.25. The van der Waals surface area contributed by atoms with Crippen LogP contribution in [0.2, 0.25) is 0 Å². The van der Waals surface area contributed by atoms with Gasteiger partial charge in [0, 0.05) is 12.2 Å². The van der Waals surface area contributed by atoms with Crippen LogP contribution in [0, 0.1) is 13.8 Å². The number of esters is 1. The highest BCUT2D eigenvalue weighted by Crippen LogP contribution is 2.38. The number of benzene rings is 1. The molecule has 7 nitrogen and oxygen atoms in total. The van der Waals surface area contributed by atoms with Crippen molar-refractivity contribution in [2.75, 3.05) is 27.9 Å². The Morgan fingerprint density at radius 3 is 2.46 bits per heavy atom. The zero-order valence-corrected chi connectivity index (χ0v) is 16.9. The van der Waals surface area contributed by atoms with E-state index in [1.54, 1.807) is 28.1 Å². The van der Waals surface area contributed by atoms with Gasteiger partial charge in [0.1, 0.15) is 5.69 Å². The lowest BCUT2D eigenvalue weighted by atomic mass is 10.0. The number of hydrogen-bond acceptors (Lipinski definition) is 5. The van der Waals surface area contributed by atoms with E-state index in [1.807, 2.05) is 23.1 Å². The Balaban J connectivity index is 1.93. The minimum absolute atomic E-state index is 0.0584. The van der Waals surface area contributed by atoms with E-state index < -0.39 is 5.97 Å². The number of likely N-dealkylation sites (tertiary alicyclic amines) is 1. The number of rotatable bonds is 5. The highest BCUT2D eigenvalue weighted by Gasteiger charge is 2.34. The highest BCUT2D eigenvalue weighted by molar-refractivity contribution is 6.00. The molecule has 150 valence electrons. The van der Waals surface area contributed by atoms with Crippen molar-refractivity contribution >= 4 is 11.9 Å². The number of hydrogen-bond donors (Lipinski definition) is 1. The summed E-state index contributed by atoms with van der Waals surface area (Å²) in [4.78, 5) is 30.3. The summed E-state index contributed by atoms with van der Waals surface area (Å²) < 4.78 is 15.6. The molecule has 0 bridgehead atoms. The second-order valence-electron chi connectivity index (χ2n) is 6.89. The summed E-state index contributed by atoms with van der Waals surface area (Å²) in [7, 11) is 4.53. The van der Waals surface area contributed by atoms with Crippen LogP contribution in [0.25, 0.3) is 0 Å². The van der Waals surface area contributed by atoms with Gasteiger partial charge in [0.15, 0.2) is 11.5 Å². The maximum Gasteiger partial charge on any atom is 0.339 e. The van der Waals surface area contributed by atoms with Crippen LogP contribution >= 0.6 is 0 Å². The molecule has 1 aliphatic heterocycles. The van der Waals surface area contributed by atoms with E-state index in [2.05, 4.69) is 4.98 Å². The number of nitrogens with one attached hydrogen (secondary N) is 1. The average molecular weight is 386 g/mol. The minimum Gasteiger partial charge on any atom is -0.493 e. The van der Waals surface area contributed by atoms with E-state index in [9.17, 15) is 9.59 Å². The average Bonchev–Trinajstić information content (AvgIpc) is 3.31. The zero-order valence-electron chi connectivity index (χ0n) is 16.9. The van der Waals surface area contributed by atoms with Gasteiger partial charge < -0.3 is 24.1 Å². The second kappa shape index (κ2) is 7.96. The van der Waals surface area contributed by atoms with Crippen LogP contribution in [-0.4, -0.2) is 49.6 Å². The summed E-state index contributed by atoms with van der Waals surface area (Å²) in [5, 5.41) is 0. The van der Waals surface area contributed by atoms with Crippen LogP contribution in [0.5, 0.6) is 11.5 Å². The van der Waals surface area contributed by atoms with Gasteiger partial charge in [-0.1, -0.05) is 6.07 Å². The zero-order chi connectivity index (χ0) is 20.4. The summed E-state index contributed by atoms with van der Waals surface area (Å²) in [6.07, 6.45) is 1.77. The van der Waals surface area contributed by atoms with Crippen molar-refractivity contribution in [2.24, 2.45) is 0 Å². The van der Waals surface area contributed by atoms with Gasteiger partial charge in [-0.15, -0.1) is 0 Å². The topological polar surface area (TPSA) is 80.9 Å². The molecule has 1 amide bonds. The number of carbonyl (C=O) groups is 2. The van der Waals surface area contributed by atoms with Gasteiger partial charge >= 0.3 is 5.97 Å². The van der Waals surface area contributed by atoms with Crippen LogP contribution in [0.1, 0.15) is 56.6 Å². The summed E-state index contributed by atoms with van der Waals surface area (Å²) in [6.45, 7) is 4.19. The lowest BCUT2D eigenvalue weighted by molar-refractivity contribution is 0.0599. The molecule has 1 N–H and O–H groups in total. The quantitative estimate of drug-likeness (QED) is 0.797. The van der Waals surface area contributed by atoms with Gasteiger partial charge in [-0.05, 0) is 49.9 Å². The van der Waals surface area contributed by atoms with E-state index in [0.29, 0.717) is 40.6 Å². The summed E-state index contributed by atoms with van der Waals surface area (Å²) in [6, 6.07) is 5.68. The third-order valence-corrected chi connectivity index (χ3v) is 5.35. The molecule has 1 aromatic carbocycles. The van der Waals surface area contributed by atoms with Gasteiger partial charge in [0.2, 0.25) is 0 Å². The molecular weight excluding hydrogens is 360 g/mol. The SMILES string of the molecule is COC(=O)c1c(C)[nH]c(C(=O)N2CCCC2c2ccc(OC)c(OC)c2)c1C. The van der Waals surface area contributed by atoms with Crippen LogP contribution in [0.3, 0.4) is 0 Å². The van der Waals surface area contributed by atoms with E-state index in [-0.39, 0.29) is 11.9 Å². The third kappa shape index (κ3) is 3.32. The number of aryl methyl sites for hydroxylation is 1. The van der Waals surface area contributed by atoms with Crippen molar-refractivity contribution in [2.45, 2.75) is 32.7 Å². The molecule has 0 saturated carbocycles. The Morgan fingerprint density at radius 1 is 1.11 bits per heavy atom.